The number of carbonyl (C=O) groups excluding carboxylic acids is 1. The van der Waals surface area contributed by atoms with Gasteiger partial charge in [-0.2, -0.15) is 12.5 Å². The van der Waals surface area contributed by atoms with Crippen LogP contribution in [0.4, 0.5) is 5.69 Å². The van der Waals surface area contributed by atoms with Crippen LogP contribution in [0.15, 0.2) is 52.2 Å². The number of nitrogens with zero attached hydrogens (tertiary/aromatic N) is 1. The molecule has 0 spiro atoms. The van der Waals surface area contributed by atoms with Crippen molar-refractivity contribution in [3.63, 3.8) is 0 Å². The lowest BCUT2D eigenvalue weighted by molar-refractivity contribution is -0.114. The first-order valence-corrected chi connectivity index (χ1v) is 9.55. The van der Waals surface area contributed by atoms with Gasteiger partial charge in [-0.05, 0) is 54.9 Å². The summed E-state index contributed by atoms with van der Waals surface area (Å²) in [5.41, 5.74) is 0.995. The minimum absolute atomic E-state index is 0.0119. The Morgan fingerprint density at radius 3 is 2.44 bits per heavy atom. The average Bonchev–Trinajstić information content (AvgIpc) is 2.83. The molecule has 9 heteroatoms. The van der Waals surface area contributed by atoms with Crippen LogP contribution in [0, 0.1) is 6.92 Å². The number of sulfonamides is 1. The van der Waals surface area contributed by atoms with Crippen LogP contribution in [-0.4, -0.2) is 18.4 Å². The van der Waals surface area contributed by atoms with Gasteiger partial charge in [-0.25, -0.2) is 4.83 Å². The highest BCUT2D eigenvalue weighted by Crippen LogP contribution is 2.19. The van der Waals surface area contributed by atoms with Crippen LogP contribution < -0.4 is 15.7 Å². The smallest absolute Gasteiger partial charge is 0.288 e. The molecule has 3 rings (SSSR count). The second-order valence-corrected chi connectivity index (χ2v) is 8.14. The summed E-state index contributed by atoms with van der Waals surface area (Å²) in [6.07, 6.45) is 0. The van der Waals surface area contributed by atoms with E-state index >= 15 is 0 Å². The van der Waals surface area contributed by atoms with E-state index in [4.69, 9.17) is 0 Å². The van der Waals surface area contributed by atoms with Gasteiger partial charge >= 0.3 is 0 Å². The molecule has 0 atom stereocenters. The Kier molecular flexibility index (Phi) is 4.36. The van der Waals surface area contributed by atoms with Crippen molar-refractivity contribution in [2.45, 2.75) is 18.7 Å². The van der Waals surface area contributed by atoms with Gasteiger partial charge in [-0.15, -0.1) is 0 Å². The molecule has 0 saturated carbocycles. The first-order valence-electron chi connectivity index (χ1n) is 7.29. The number of hydrogen-bond donors (Lipinski definition) is 2. The molecule has 0 bridgehead atoms. The maximum absolute atomic E-state index is 12.5. The molecule has 1 aromatic heterocycles. The number of hydrogen-bond acceptors (Lipinski definition) is 5. The van der Waals surface area contributed by atoms with E-state index in [-0.39, 0.29) is 10.8 Å². The SMILES string of the molecule is CC(=O)Nc1ccc(S(=O)(=O)Nn2sc3ccc(C)cc3c2=O)cc1. The minimum atomic E-state index is -3.93. The minimum Gasteiger partial charge on any atom is -0.326 e. The van der Waals surface area contributed by atoms with Crippen molar-refractivity contribution in [2.75, 3.05) is 10.1 Å². The number of aromatic nitrogens is 1. The van der Waals surface area contributed by atoms with Crippen LogP contribution in [0.3, 0.4) is 0 Å². The normalized spacial score (nSPS) is 11.4. The standard InChI is InChI=1S/C16H15N3O4S2/c1-10-3-8-15-14(9-10)16(21)19(24-15)18-25(22,23)13-6-4-12(5-7-13)17-11(2)20/h3-9,18H,1-2H3,(H,17,20). The lowest BCUT2D eigenvalue weighted by Crippen LogP contribution is -2.29. The Morgan fingerprint density at radius 2 is 1.80 bits per heavy atom. The third kappa shape index (κ3) is 3.57. The zero-order chi connectivity index (χ0) is 18.2. The topological polar surface area (TPSA) is 97.3 Å². The van der Waals surface area contributed by atoms with Crippen molar-refractivity contribution in [3.8, 4) is 0 Å². The third-order valence-electron chi connectivity index (χ3n) is 3.43. The molecule has 130 valence electrons. The molecule has 2 N–H and O–H groups in total. The summed E-state index contributed by atoms with van der Waals surface area (Å²) in [7, 11) is -3.93. The van der Waals surface area contributed by atoms with Crippen molar-refractivity contribution in [2.24, 2.45) is 0 Å². The van der Waals surface area contributed by atoms with Crippen molar-refractivity contribution >= 4 is 43.2 Å². The number of benzene rings is 2. The number of nitrogens with one attached hydrogen (secondary N) is 2. The third-order valence-corrected chi connectivity index (χ3v) is 5.85. The van der Waals surface area contributed by atoms with Crippen LogP contribution in [0.1, 0.15) is 12.5 Å². The van der Waals surface area contributed by atoms with Gasteiger partial charge in [0.25, 0.3) is 15.6 Å². The second-order valence-electron chi connectivity index (χ2n) is 5.49. The summed E-state index contributed by atoms with van der Waals surface area (Å²) in [6, 6.07) is 11.0. The van der Waals surface area contributed by atoms with E-state index in [0.717, 1.165) is 21.2 Å². The fraction of sp³-hybridized carbons (Fsp3) is 0.125. The van der Waals surface area contributed by atoms with Crippen molar-refractivity contribution < 1.29 is 13.2 Å². The number of aryl methyl sites for hydroxylation is 1. The first-order chi connectivity index (χ1) is 11.8. The summed E-state index contributed by atoms with van der Waals surface area (Å²) in [5.74, 6) is -0.249. The van der Waals surface area contributed by atoms with Gasteiger partial charge in [-0.1, -0.05) is 11.6 Å². The molecule has 1 amide bonds. The first kappa shape index (κ1) is 17.2. The fourth-order valence-electron chi connectivity index (χ4n) is 2.28. The summed E-state index contributed by atoms with van der Waals surface area (Å²) in [5, 5.41) is 3.02. The predicted molar refractivity (Wildman–Crippen MR) is 98.1 cm³/mol. The Balaban J connectivity index is 1.92. The monoisotopic (exact) mass is 377 g/mol. The molecule has 25 heavy (non-hydrogen) atoms. The van der Waals surface area contributed by atoms with E-state index in [1.54, 1.807) is 12.1 Å². The Morgan fingerprint density at radius 1 is 1.12 bits per heavy atom. The van der Waals surface area contributed by atoms with E-state index < -0.39 is 15.6 Å². The summed E-state index contributed by atoms with van der Waals surface area (Å²) in [4.78, 5) is 25.6. The molecule has 0 aliphatic heterocycles. The highest BCUT2D eigenvalue weighted by atomic mass is 32.2. The van der Waals surface area contributed by atoms with Gasteiger partial charge in [0, 0.05) is 12.6 Å². The van der Waals surface area contributed by atoms with Crippen LogP contribution >= 0.6 is 11.5 Å². The molecule has 0 radical (unpaired) electrons. The highest BCUT2D eigenvalue weighted by molar-refractivity contribution is 7.92. The van der Waals surface area contributed by atoms with E-state index in [9.17, 15) is 18.0 Å². The van der Waals surface area contributed by atoms with Crippen LogP contribution in [-0.2, 0) is 14.8 Å². The van der Waals surface area contributed by atoms with Crippen molar-refractivity contribution in [3.05, 3.63) is 58.4 Å². The Bertz CT molecular complexity index is 1110. The highest BCUT2D eigenvalue weighted by Gasteiger charge is 2.17. The molecular weight excluding hydrogens is 362 g/mol. The second kappa shape index (κ2) is 6.34. The number of fused-ring (bicyclic) bond motifs is 1. The summed E-state index contributed by atoms with van der Waals surface area (Å²) >= 11 is 1.02. The zero-order valence-corrected chi connectivity index (χ0v) is 15.1. The number of amides is 1. The van der Waals surface area contributed by atoms with Gasteiger partial charge in [-0.3, -0.25) is 9.59 Å². The lowest BCUT2D eigenvalue weighted by atomic mass is 10.2. The van der Waals surface area contributed by atoms with Crippen LogP contribution in [0.2, 0.25) is 0 Å². The Hall–Kier alpha value is -2.65. The van der Waals surface area contributed by atoms with Gasteiger partial charge in [0.15, 0.2) is 0 Å². The maximum Gasteiger partial charge on any atom is 0.288 e. The number of carbonyl (C=O) groups is 1. The van der Waals surface area contributed by atoms with Crippen molar-refractivity contribution in [1.82, 2.24) is 4.07 Å². The molecule has 0 aliphatic rings. The Labute approximate surface area is 148 Å². The molecule has 0 fully saturated rings. The van der Waals surface area contributed by atoms with Gasteiger partial charge < -0.3 is 5.32 Å². The van der Waals surface area contributed by atoms with E-state index in [0.29, 0.717) is 15.8 Å². The van der Waals surface area contributed by atoms with Gasteiger partial charge in [0.2, 0.25) is 5.91 Å². The maximum atomic E-state index is 12.5. The quantitative estimate of drug-likeness (QED) is 0.729. The number of rotatable bonds is 4. The molecule has 7 nitrogen and oxygen atoms in total. The van der Waals surface area contributed by atoms with E-state index in [2.05, 4.69) is 10.1 Å². The zero-order valence-electron chi connectivity index (χ0n) is 13.4. The lowest BCUT2D eigenvalue weighted by Gasteiger charge is -2.08. The fourth-order valence-corrected chi connectivity index (χ4v) is 4.38. The molecule has 3 aromatic rings. The van der Waals surface area contributed by atoms with Crippen LogP contribution in [0.25, 0.3) is 10.1 Å². The predicted octanol–water partition coefficient (Wildman–Crippen LogP) is 2.26. The molecule has 0 aliphatic carbocycles. The van der Waals surface area contributed by atoms with Gasteiger partial charge in [0.05, 0.1) is 15.0 Å². The molecule has 1 heterocycles. The largest absolute Gasteiger partial charge is 0.326 e. The van der Waals surface area contributed by atoms with Crippen molar-refractivity contribution in [1.29, 1.82) is 0 Å². The summed E-state index contributed by atoms with van der Waals surface area (Å²) in [6.45, 7) is 3.23. The summed E-state index contributed by atoms with van der Waals surface area (Å²) < 4.78 is 26.7. The molecule has 2 aromatic carbocycles. The van der Waals surface area contributed by atoms with E-state index in [1.807, 2.05) is 13.0 Å². The van der Waals surface area contributed by atoms with Crippen LogP contribution in [0.5, 0.6) is 0 Å². The average molecular weight is 377 g/mol. The molecule has 0 saturated heterocycles. The van der Waals surface area contributed by atoms with Gasteiger partial charge in [0.1, 0.15) is 0 Å². The van der Waals surface area contributed by atoms with E-state index in [1.165, 1.54) is 31.2 Å². The molecular formula is C16H15N3O4S2. The number of anilines is 1. The molecule has 0 unspecified atom stereocenters.